The van der Waals surface area contributed by atoms with Crippen LogP contribution in [0.4, 0.5) is 5.69 Å². The molecule has 4 nitrogen and oxygen atoms in total. The standard InChI is InChI=1S/C12H11N3O/c1-8-2-5-15-11(6-8)12(16)9-7-14-4-3-10(9)13/h2-7H,1H3,(H2,13,14). The van der Waals surface area contributed by atoms with E-state index in [1.807, 2.05) is 13.0 Å². The molecule has 2 aromatic heterocycles. The smallest absolute Gasteiger partial charge is 0.214 e. The van der Waals surface area contributed by atoms with Gasteiger partial charge in [-0.25, -0.2) is 0 Å². The molecule has 0 atom stereocenters. The van der Waals surface area contributed by atoms with Crippen molar-refractivity contribution in [2.45, 2.75) is 6.92 Å². The first-order chi connectivity index (χ1) is 7.68. The Morgan fingerprint density at radius 1 is 1.31 bits per heavy atom. The zero-order valence-electron chi connectivity index (χ0n) is 8.84. The lowest BCUT2D eigenvalue weighted by molar-refractivity contribution is 0.103. The van der Waals surface area contributed by atoms with Gasteiger partial charge in [-0.05, 0) is 30.7 Å². The van der Waals surface area contributed by atoms with E-state index >= 15 is 0 Å². The fourth-order valence-corrected chi connectivity index (χ4v) is 1.39. The molecule has 0 amide bonds. The number of anilines is 1. The lowest BCUT2D eigenvalue weighted by atomic mass is 10.1. The zero-order valence-corrected chi connectivity index (χ0v) is 8.84. The van der Waals surface area contributed by atoms with Gasteiger partial charge in [0.05, 0.1) is 5.56 Å². The van der Waals surface area contributed by atoms with Crippen LogP contribution in [0.3, 0.4) is 0 Å². The van der Waals surface area contributed by atoms with Crippen molar-refractivity contribution in [3.63, 3.8) is 0 Å². The maximum atomic E-state index is 12.0. The van der Waals surface area contributed by atoms with E-state index in [0.29, 0.717) is 16.9 Å². The SMILES string of the molecule is Cc1ccnc(C(=O)c2cnccc2N)c1. The monoisotopic (exact) mass is 213 g/mol. The van der Waals surface area contributed by atoms with Crippen LogP contribution in [0, 0.1) is 6.92 Å². The molecular weight excluding hydrogens is 202 g/mol. The van der Waals surface area contributed by atoms with Crippen LogP contribution in [-0.4, -0.2) is 15.8 Å². The fraction of sp³-hybridized carbons (Fsp3) is 0.0833. The van der Waals surface area contributed by atoms with Crippen LogP contribution in [0.1, 0.15) is 21.6 Å². The van der Waals surface area contributed by atoms with Gasteiger partial charge in [-0.1, -0.05) is 0 Å². The van der Waals surface area contributed by atoms with Gasteiger partial charge in [-0.3, -0.25) is 14.8 Å². The Morgan fingerprint density at radius 3 is 2.81 bits per heavy atom. The molecule has 2 rings (SSSR count). The number of hydrogen-bond acceptors (Lipinski definition) is 4. The van der Waals surface area contributed by atoms with Gasteiger partial charge >= 0.3 is 0 Å². The molecular formula is C12H11N3O. The highest BCUT2D eigenvalue weighted by Crippen LogP contribution is 2.14. The first-order valence-electron chi connectivity index (χ1n) is 4.85. The lowest BCUT2D eigenvalue weighted by Crippen LogP contribution is -2.07. The third-order valence-corrected chi connectivity index (χ3v) is 2.25. The van der Waals surface area contributed by atoms with E-state index in [-0.39, 0.29) is 5.78 Å². The number of pyridine rings is 2. The van der Waals surface area contributed by atoms with E-state index in [1.54, 1.807) is 24.5 Å². The average Bonchev–Trinajstić information content (AvgIpc) is 2.29. The predicted molar refractivity (Wildman–Crippen MR) is 61.1 cm³/mol. The van der Waals surface area contributed by atoms with Gasteiger partial charge in [-0.2, -0.15) is 0 Å². The number of nitrogen functional groups attached to an aromatic ring is 1. The summed E-state index contributed by atoms with van der Waals surface area (Å²) in [7, 11) is 0. The molecule has 0 aliphatic carbocycles. The van der Waals surface area contributed by atoms with Gasteiger partial charge in [0.2, 0.25) is 5.78 Å². The van der Waals surface area contributed by atoms with Crippen LogP contribution < -0.4 is 5.73 Å². The summed E-state index contributed by atoms with van der Waals surface area (Å²) in [5.74, 6) is -0.200. The number of hydrogen-bond donors (Lipinski definition) is 1. The average molecular weight is 213 g/mol. The first-order valence-corrected chi connectivity index (χ1v) is 4.85. The number of aryl methyl sites for hydroxylation is 1. The quantitative estimate of drug-likeness (QED) is 0.769. The summed E-state index contributed by atoms with van der Waals surface area (Å²) >= 11 is 0. The number of carbonyl (C=O) groups is 1. The van der Waals surface area contributed by atoms with Crippen LogP contribution in [0.15, 0.2) is 36.8 Å². The Bertz CT molecular complexity index is 537. The molecule has 4 heteroatoms. The van der Waals surface area contributed by atoms with Gasteiger partial charge in [0.1, 0.15) is 5.69 Å². The molecule has 2 N–H and O–H groups in total. The Hall–Kier alpha value is -2.23. The van der Waals surface area contributed by atoms with Crippen LogP contribution >= 0.6 is 0 Å². The van der Waals surface area contributed by atoms with E-state index in [2.05, 4.69) is 9.97 Å². The molecule has 0 saturated carbocycles. The molecule has 0 unspecified atom stereocenters. The summed E-state index contributed by atoms with van der Waals surface area (Å²) in [6.45, 7) is 1.91. The molecule has 16 heavy (non-hydrogen) atoms. The highest BCUT2D eigenvalue weighted by molar-refractivity contribution is 6.10. The van der Waals surface area contributed by atoms with Crippen molar-refractivity contribution in [1.82, 2.24) is 9.97 Å². The minimum absolute atomic E-state index is 0.200. The molecule has 0 spiro atoms. The lowest BCUT2D eigenvalue weighted by Gasteiger charge is -2.03. The number of nitrogens with two attached hydrogens (primary N) is 1. The predicted octanol–water partition coefficient (Wildman–Crippen LogP) is 1.60. The topological polar surface area (TPSA) is 68.9 Å². The molecule has 0 bridgehead atoms. The van der Waals surface area contributed by atoms with Crippen molar-refractivity contribution in [3.8, 4) is 0 Å². The first kappa shape index (κ1) is 10.3. The molecule has 0 fully saturated rings. The third-order valence-electron chi connectivity index (χ3n) is 2.25. The minimum atomic E-state index is -0.200. The molecule has 0 aromatic carbocycles. The zero-order chi connectivity index (χ0) is 11.5. The Balaban J connectivity index is 2.44. The molecule has 2 heterocycles. The van der Waals surface area contributed by atoms with E-state index in [1.165, 1.54) is 6.20 Å². The molecule has 2 aromatic rings. The van der Waals surface area contributed by atoms with E-state index in [4.69, 9.17) is 5.73 Å². The van der Waals surface area contributed by atoms with E-state index in [9.17, 15) is 4.79 Å². The van der Waals surface area contributed by atoms with Gasteiger partial charge in [0.25, 0.3) is 0 Å². The number of carbonyl (C=O) groups excluding carboxylic acids is 1. The van der Waals surface area contributed by atoms with E-state index < -0.39 is 0 Å². The Kier molecular flexibility index (Phi) is 2.64. The molecule has 0 radical (unpaired) electrons. The summed E-state index contributed by atoms with van der Waals surface area (Å²) in [6.07, 6.45) is 4.62. The number of rotatable bonds is 2. The van der Waals surface area contributed by atoms with Crippen LogP contribution in [0.2, 0.25) is 0 Å². The largest absolute Gasteiger partial charge is 0.398 e. The summed E-state index contributed by atoms with van der Waals surface area (Å²) < 4.78 is 0. The van der Waals surface area contributed by atoms with Crippen LogP contribution in [0.5, 0.6) is 0 Å². The highest BCUT2D eigenvalue weighted by atomic mass is 16.1. The van der Waals surface area contributed by atoms with Gasteiger partial charge in [0, 0.05) is 24.3 Å². The second kappa shape index (κ2) is 4.10. The molecule has 0 saturated heterocycles. The van der Waals surface area contributed by atoms with Gasteiger partial charge in [0.15, 0.2) is 0 Å². The Labute approximate surface area is 93.2 Å². The highest BCUT2D eigenvalue weighted by Gasteiger charge is 2.13. The van der Waals surface area contributed by atoms with Gasteiger partial charge in [-0.15, -0.1) is 0 Å². The second-order valence-corrected chi connectivity index (χ2v) is 3.51. The van der Waals surface area contributed by atoms with Crippen molar-refractivity contribution in [1.29, 1.82) is 0 Å². The van der Waals surface area contributed by atoms with Crippen molar-refractivity contribution < 1.29 is 4.79 Å². The third kappa shape index (κ3) is 1.91. The summed E-state index contributed by atoms with van der Waals surface area (Å²) in [6, 6.07) is 5.17. The molecule has 0 aliphatic heterocycles. The minimum Gasteiger partial charge on any atom is -0.398 e. The normalized spacial score (nSPS) is 10.1. The number of ketones is 1. The second-order valence-electron chi connectivity index (χ2n) is 3.51. The maximum Gasteiger partial charge on any atom is 0.214 e. The van der Waals surface area contributed by atoms with Crippen molar-refractivity contribution in [3.05, 3.63) is 53.6 Å². The van der Waals surface area contributed by atoms with Crippen molar-refractivity contribution in [2.75, 3.05) is 5.73 Å². The van der Waals surface area contributed by atoms with Crippen molar-refractivity contribution in [2.24, 2.45) is 0 Å². The van der Waals surface area contributed by atoms with Crippen molar-refractivity contribution >= 4 is 11.5 Å². The molecule has 80 valence electrons. The van der Waals surface area contributed by atoms with Crippen LogP contribution in [0.25, 0.3) is 0 Å². The van der Waals surface area contributed by atoms with E-state index in [0.717, 1.165) is 5.56 Å². The summed E-state index contributed by atoms with van der Waals surface area (Å²) in [5.41, 5.74) is 7.89. The number of nitrogens with zero attached hydrogens (tertiary/aromatic N) is 2. The van der Waals surface area contributed by atoms with Gasteiger partial charge < -0.3 is 5.73 Å². The maximum absolute atomic E-state index is 12.0. The summed E-state index contributed by atoms with van der Waals surface area (Å²) in [4.78, 5) is 19.9. The Morgan fingerprint density at radius 2 is 2.12 bits per heavy atom. The fourth-order valence-electron chi connectivity index (χ4n) is 1.39. The summed E-state index contributed by atoms with van der Waals surface area (Å²) in [5, 5.41) is 0. The van der Waals surface area contributed by atoms with Crippen LogP contribution in [-0.2, 0) is 0 Å². The number of aromatic nitrogens is 2. The molecule has 0 aliphatic rings.